The summed E-state index contributed by atoms with van der Waals surface area (Å²) in [5.41, 5.74) is 6.12. The third kappa shape index (κ3) is 4.77. The molecule has 2 amide bonds. The monoisotopic (exact) mass is 570 g/mol. The normalized spacial score (nSPS) is 19.2. The van der Waals surface area contributed by atoms with Crippen LogP contribution >= 0.6 is 23.1 Å². The van der Waals surface area contributed by atoms with E-state index in [4.69, 9.17) is 10.3 Å². The van der Waals surface area contributed by atoms with Crippen LogP contribution in [0.3, 0.4) is 0 Å². The zero-order chi connectivity index (χ0) is 27.8. The van der Waals surface area contributed by atoms with Crippen LogP contribution in [0, 0.1) is 0 Å². The Balaban J connectivity index is 1.32. The molecule has 0 bridgehead atoms. The second-order valence-corrected chi connectivity index (χ2v) is 10.2. The molecule has 4 heterocycles. The molecule has 2 aliphatic heterocycles. The summed E-state index contributed by atoms with van der Waals surface area (Å²) in [7, 11) is 0. The summed E-state index contributed by atoms with van der Waals surface area (Å²) >= 11 is 2.28. The van der Waals surface area contributed by atoms with Crippen LogP contribution in [0.5, 0.6) is 11.5 Å². The maximum atomic E-state index is 12.9. The number of thiazole rings is 1. The lowest BCUT2D eigenvalue weighted by molar-refractivity contribution is -0.150. The van der Waals surface area contributed by atoms with Gasteiger partial charge in [0, 0.05) is 22.8 Å². The van der Waals surface area contributed by atoms with Gasteiger partial charge in [-0.05, 0) is 29.8 Å². The SMILES string of the molecule is Nc1nc(/C(=N\O)C(=O)N[C@@H]2C(=O)N3C(C(=O)O)=C(/C=C/c4cc(-c5ccc(O)c(O)c5)no4)CS[C@H]23)cs1. The first kappa shape index (κ1) is 25.8. The van der Waals surface area contributed by atoms with Crippen molar-refractivity contribution in [2.45, 2.75) is 11.4 Å². The number of hydrogen-bond donors (Lipinski definition) is 6. The molecule has 0 unspecified atom stereocenters. The Morgan fingerprint density at radius 1 is 1.23 bits per heavy atom. The van der Waals surface area contributed by atoms with Crippen molar-refractivity contribution in [1.29, 1.82) is 0 Å². The Morgan fingerprint density at radius 2 is 2.03 bits per heavy atom. The number of aliphatic carboxylic acids is 1. The van der Waals surface area contributed by atoms with Gasteiger partial charge in [-0.1, -0.05) is 16.4 Å². The second-order valence-electron chi connectivity index (χ2n) is 8.21. The molecule has 2 aliphatic rings. The van der Waals surface area contributed by atoms with Crippen LogP contribution in [0.1, 0.15) is 11.5 Å². The van der Waals surface area contributed by atoms with E-state index in [0.29, 0.717) is 16.8 Å². The number of nitrogens with one attached hydrogen (secondary N) is 1. The van der Waals surface area contributed by atoms with Gasteiger partial charge >= 0.3 is 5.97 Å². The molecule has 16 heteroatoms. The number of phenolic OH excluding ortho intramolecular Hbond substituents is 2. The largest absolute Gasteiger partial charge is 0.504 e. The van der Waals surface area contributed by atoms with Crippen LogP contribution < -0.4 is 11.1 Å². The van der Waals surface area contributed by atoms with Crippen LogP contribution in [0.25, 0.3) is 17.3 Å². The van der Waals surface area contributed by atoms with E-state index < -0.39 is 34.9 Å². The number of β-lactam (4-membered cyclic amide) rings is 1. The zero-order valence-corrected chi connectivity index (χ0v) is 21.1. The first-order chi connectivity index (χ1) is 18.7. The van der Waals surface area contributed by atoms with Crippen molar-refractivity contribution in [3.8, 4) is 22.8 Å². The van der Waals surface area contributed by atoms with Crippen molar-refractivity contribution >= 4 is 57.8 Å². The Morgan fingerprint density at radius 3 is 2.69 bits per heavy atom. The summed E-state index contributed by atoms with van der Waals surface area (Å²) < 4.78 is 5.26. The number of carboxylic acid groups (broad SMARTS) is 1. The minimum absolute atomic E-state index is 0.0359. The zero-order valence-electron chi connectivity index (χ0n) is 19.5. The molecule has 3 aromatic rings. The minimum Gasteiger partial charge on any atom is -0.504 e. The molecule has 0 spiro atoms. The molecule has 7 N–H and O–H groups in total. The molecule has 0 aliphatic carbocycles. The van der Waals surface area contributed by atoms with E-state index in [1.54, 1.807) is 6.07 Å². The molecular formula is C23H18N6O8S2. The molecule has 2 atom stereocenters. The number of rotatable bonds is 7. The number of aromatic hydroxyl groups is 2. The molecule has 39 heavy (non-hydrogen) atoms. The number of nitrogens with two attached hydrogens (primary N) is 1. The van der Waals surface area contributed by atoms with Crippen LogP contribution in [0.4, 0.5) is 5.13 Å². The number of aromatic nitrogens is 2. The second kappa shape index (κ2) is 10.1. The number of nitrogens with zero attached hydrogens (tertiary/aromatic N) is 4. The van der Waals surface area contributed by atoms with Gasteiger partial charge in [-0.15, -0.1) is 23.1 Å². The number of carboxylic acids is 1. The van der Waals surface area contributed by atoms with Gasteiger partial charge in [0.1, 0.15) is 28.5 Å². The maximum Gasteiger partial charge on any atom is 0.352 e. The van der Waals surface area contributed by atoms with Gasteiger partial charge in [0.2, 0.25) is 0 Å². The summed E-state index contributed by atoms with van der Waals surface area (Å²) in [6.45, 7) is 0. The van der Waals surface area contributed by atoms with Crippen molar-refractivity contribution in [3.63, 3.8) is 0 Å². The quantitative estimate of drug-likeness (QED) is 0.0780. The molecule has 1 saturated heterocycles. The van der Waals surface area contributed by atoms with E-state index in [0.717, 1.165) is 16.2 Å². The third-order valence-corrected chi connectivity index (χ3v) is 7.79. The van der Waals surface area contributed by atoms with Crippen molar-refractivity contribution in [2.75, 3.05) is 11.5 Å². The topological polar surface area (TPSA) is 225 Å². The summed E-state index contributed by atoms with van der Waals surface area (Å²) in [5.74, 6) is -2.96. The van der Waals surface area contributed by atoms with Gasteiger partial charge in [-0.3, -0.25) is 14.5 Å². The fourth-order valence-electron chi connectivity index (χ4n) is 3.96. The molecule has 1 fully saturated rings. The number of oxime groups is 1. The average molecular weight is 571 g/mol. The smallest absolute Gasteiger partial charge is 0.352 e. The number of allylic oxidation sites excluding steroid dienone is 1. The predicted octanol–water partition coefficient (Wildman–Crippen LogP) is 1.42. The van der Waals surface area contributed by atoms with Gasteiger partial charge in [0.15, 0.2) is 28.1 Å². The highest BCUT2D eigenvalue weighted by Gasteiger charge is 2.54. The highest BCUT2D eigenvalue weighted by molar-refractivity contribution is 8.00. The summed E-state index contributed by atoms with van der Waals surface area (Å²) in [6, 6.07) is 4.67. The molecule has 0 radical (unpaired) electrons. The molecule has 5 rings (SSSR count). The number of anilines is 1. The van der Waals surface area contributed by atoms with E-state index >= 15 is 0 Å². The summed E-state index contributed by atoms with van der Waals surface area (Å²) in [4.78, 5) is 42.6. The maximum absolute atomic E-state index is 12.9. The van der Waals surface area contributed by atoms with E-state index in [1.807, 2.05) is 0 Å². The highest BCUT2D eigenvalue weighted by atomic mass is 32.2. The number of fused-ring (bicyclic) bond motifs is 1. The Kier molecular flexibility index (Phi) is 6.71. The van der Waals surface area contributed by atoms with Gasteiger partial charge in [0.25, 0.3) is 11.8 Å². The number of carbonyl (C=O) groups is 3. The number of thioether (sulfide) groups is 1. The number of benzene rings is 1. The Bertz CT molecular complexity index is 1590. The highest BCUT2D eigenvalue weighted by Crippen LogP contribution is 2.41. The minimum atomic E-state index is -1.33. The molecular weight excluding hydrogens is 552 g/mol. The number of hydrogen-bond acceptors (Lipinski definition) is 13. The number of carbonyl (C=O) groups excluding carboxylic acids is 2. The molecule has 14 nitrogen and oxygen atoms in total. The van der Waals surface area contributed by atoms with E-state index in [-0.39, 0.29) is 39.5 Å². The van der Waals surface area contributed by atoms with Gasteiger partial charge in [0.05, 0.1) is 0 Å². The van der Waals surface area contributed by atoms with Crippen LogP contribution in [0.2, 0.25) is 0 Å². The van der Waals surface area contributed by atoms with Crippen LogP contribution in [0.15, 0.2) is 56.7 Å². The van der Waals surface area contributed by atoms with Gasteiger partial charge in [-0.25, -0.2) is 9.78 Å². The molecule has 2 aromatic heterocycles. The van der Waals surface area contributed by atoms with E-state index in [1.165, 1.54) is 47.5 Å². The summed E-state index contributed by atoms with van der Waals surface area (Å²) in [6.07, 6.45) is 2.98. The Hall–Kier alpha value is -4.83. The van der Waals surface area contributed by atoms with Gasteiger partial charge in [-0.2, -0.15) is 0 Å². The average Bonchev–Trinajstić information content (AvgIpc) is 3.56. The predicted molar refractivity (Wildman–Crippen MR) is 139 cm³/mol. The van der Waals surface area contributed by atoms with Crippen LogP contribution in [-0.2, 0) is 14.4 Å². The standard InChI is InChI=1S/C23H18N6O8S2/c24-23-25-13(8-39-23)16(27-36)19(32)26-17-20(33)29-18(22(34)35)10(7-38-21(17)29)1-3-11-6-12(28-37-11)9-2-4-14(30)15(31)5-9/h1-6,8,17,21,30-31,36H,7H2,(H2,24,25)(H,26,32)(H,34,35)/b3-1+,27-16+/t17-,21-/m1/s1. The van der Waals surface area contributed by atoms with Crippen molar-refractivity contribution in [2.24, 2.45) is 5.16 Å². The first-order valence-electron chi connectivity index (χ1n) is 11.0. The van der Waals surface area contributed by atoms with Crippen molar-refractivity contribution < 1.29 is 39.4 Å². The summed E-state index contributed by atoms with van der Waals surface area (Å²) in [5, 5.41) is 48.5. The van der Waals surface area contributed by atoms with Crippen LogP contribution in [-0.4, -0.2) is 76.2 Å². The molecule has 0 saturated carbocycles. The lowest BCUT2D eigenvalue weighted by atomic mass is 10.0. The fraction of sp³-hybridized carbons (Fsp3) is 0.130. The fourth-order valence-corrected chi connectivity index (χ4v) is 5.83. The van der Waals surface area contributed by atoms with E-state index in [2.05, 4.69) is 20.6 Å². The molecule has 200 valence electrons. The lowest BCUT2D eigenvalue weighted by Gasteiger charge is -2.49. The number of amides is 2. The number of phenols is 2. The lowest BCUT2D eigenvalue weighted by Crippen LogP contribution is -2.71. The first-order valence-corrected chi connectivity index (χ1v) is 12.9. The molecule has 1 aromatic carbocycles. The van der Waals surface area contributed by atoms with Crippen molar-refractivity contribution in [1.82, 2.24) is 20.4 Å². The van der Waals surface area contributed by atoms with Gasteiger partial charge < -0.3 is 36.1 Å². The van der Waals surface area contributed by atoms with Crippen molar-refractivity contribution in [3.05, 3.63) is 58.4 Å². The third-order valence-electron chi connectivity index (χ3n) is 5.81. The Labute approximate surface area is 226 Å². The number of nitrogen functional groups attached to an aromatic ring is 1. The van der Waals surface area contributed by atoms with E-state index in [9.17, 15) is 34.9 Å².